The lowest BCUT2D eigenvalue weighted by molar-refractivity contribution is 0.613. The molecule has 1 heteroatoms. The minimum Gasteiger partial charge on any atom is -0.376 e. The van der Waals surface area contributed by atoms with E-state index in [2.05, 4.69) is 37.9 Å². The van der Waals surface area contributed by atoms with Gasteiger partial charge in [0.15, 0.2) is 0 Å². The van der Waals surface area contributed by atoms with E-state index in [9.17, 15) is 0 Å². The molecule has 70 valence electrons. The number of benzene rings is 1. The Morgan fingerprint density at radius 3 is 2.46 bits per heavy atom. The minimum absolute atomic E-state index is 0.00134. The van der Waals surface area contributed by atoms with E-state index in [0.29, 0.717) is 0 Å². The van der Waals surface area contributed by atoms with Crippen molar-refractivity contribution >= 4 is 5.69 Å². The molecule has 1 rings (SSSR count). The lowest BCUT2D eigenvalue weighted by atomic mass is 9.99. The zero-order valence-electron chi connectivity index (χ0n) is 8.38. The normalized spacial score (nSPS) is 14.6. The van der Waals surface area contributed by atoms with Crippen molar-refractivity contribution in [2.75, 3.05) is 5.32 Å². The Hall–Kier alpha value is -1.24. The van der Waals surface area contributed by atoms with Crippen LogP contribution in [0.2, 0.25) is 0 Å². The van der Waals surface area contributed by atoms with Crippen LogP contribution in [0.1, 0.15) is 20.3 Å². The molecule has 0 saturated heterocycles. The van der Waals surface area contributed by atoms with Gasteiger partial charge < -0.3 is 5.32 Å². The molecule has 0 radical (unpaired) electrons. The predicted molar refractivity (Wildman–Crippen MR) is 59.0 cm³/mol. The van der Waals surface area contributed by atoms with E-state index >= 15 is 0 Å². The van der Waals surface area contributed by atoms with Crippen LogP contribution in [0.25, 0.3) is 0 Å². The summed E-state index contributed by atoms with van der Waals surface area (Å²) in [4.78, 5) is 0. The number of hydrogen-bond donors (Lipinski definition) is 1. The number of rotatable bonds is 4. The molecule has 0 spiro atoms. The molecule has 1 nitrogen and oxygen atoms in total. The average Bonchev–Trinajstić information content (AvgIpc) is 2.19. The second-order valence-corrected chi connectivity index (χ2v) is 3.47. The summed E-state index contributed by atoms with van der Waals surface area (Å²) < 4.78 is 0. The molecule has 0 bridgehead atoms. The molecule has 0 aliphatic rings. The Labute approximate surface area is 80.5 Å². The Bertz CT molecular complexity index is 266. The van der Waals surface area contributed by atoms with E-state index in [-0.39, 0.29) is 5.54 Å². The zero-order chi connectivity index (χ0) is 9.73. The van der Waals surface area contributed by atoms with Crippen LogP contribution in [-0.2, 0) is 0 Å². The van der Waals surface area contributed by atoms with Gasteiger partial charge in [0, 0.05) is 5.69 Å². The Morgan fingerprint density at radius 1 is 1.38 bits per heavy atom. The van der Waals surface area contributed by atoms with Crippen molar-refractivity contribution in [1.29, 1.82) is 0 Å². The maximum atomic E-state index is 3.84. The second kappa shape index (κ2) is 4.13. The number of para-hydroxylation sites is 1. The van der Waals surface area contributed by atoms with Gasteiger partial charge in [-0.25, -0.2) is 0 Å². The van der Waals surface area contributed by atoms with E-state index in [1.54, 1.807) is 0 Å². The molecule has 0 aliphatic heterocycles. The summed E-state index contributed by atoms with van der Waals surface area (Å²) in [5.74, 6) is 0. The van der Waals surface area contributed by atoms with Crippen molar-refractivity contribution in [3.63, 3.8) is 0 Å². The highest BCUT2D eigenvalue weighted by Crippen LogP contribution is 2.18. The van der Waals surface area contributed by atoms with Crippen LogP contribution >= 0.6 is 0 Å². The van der Waals surface area contributed by atoms with Crippen molar-refractivity contribution in [3.8, 4) is 0 Å². The lowest BCUT2D eigenvalue weighted by Gasteiger charge is -2.26. The highest BCUT2D eigenvalue weighted by molar-refractivity contribution is 5.46. The van der Waals surface area contributed by atoms with Gasteiger partial charge in [-0.15, -0.1) is 6.58 Å². The first-order valence-electron chi connectivity index (χ1n) is 4.67. The van der Waals surface area contributed by atoms with Crippen LogP contribution in [0.15, 0.2) is 43.0 Å². The highest BCUT2D eigenvalue weighted by atomic mass is 15.0. The third kappa shape index (κ3) is 2.62. The van der Waals surface area contributed by atoms with Crippen molar-refractivity contribution in [1.82, 2.24) is 0 Å². The van der Waals surface area contributed by atoms with Gasteiger partial charge in [-0.3, -0.25) is 0 Å². The van der Waals surface area contributed by atoms with E-state index in [0.717, 1.165) is 12.1 Å². The molecule has 0 amide bonds. The van der Waals surface area contributed by atoms with Crippen molar-refractivity contribution in [2.45, 2.75) is 25.8 Å². The molecular formula is C12H17N. The van der Waals surface area contributed by atoms with E-state index in [1.165, 1.54) is 0 Å². The summed E-state index contributed by atoms with van der Waals surface area (Å²) in [6, 6.07) is 10.2. The topological polar surface area (TPSA) is 12.0 Å². The predicted octanol–water partition coefficient (Wildman–Crippen LogP) is 3.45. The molecule has 1 unspecified atom stereocenters. The van der Waals surface area contributed by atoms with Crippen LogP contribution in [0.3, 0.4) is 0 Å². The van der Waals surface area contributed by atoms with Crippen LogP contribution in [-0.4, -0.2) is 5.54 Å². The van der Waals surface area contributed by atoms with Crippen molar-refractivity contribution in [3.05, 3.63) is 43.0 Å². The molecule has 0 saturated carbocycles. The summed E-state index contributed by atoms with van der Waals surface area (Å²) in [7, 11) is 0. The van der Waals surface area contributed by atoms with Gasteiger partial charge in [0.05, 0.1) is 5.54 Å². The SMILES string of the molecule is C=CC(C)(CC)Nc1ccccc1. The minimum atomic E-state index is 0.00134. The van der Waals surface area contributed by atoms with E-state index in [4.69, 9.17) is 0 Å². The van der Waals surface area contributed by atoms with Gasteiger partial charge in [-0.05, 0) is 25.5 Å². The Morgan fingerprint density at radius 2 is 2.00 bits per heavy atom. The standard InChI is InChI=1S/C12H17N/c1-4-12(3,5-2)13-11-9-7-6-8-10-11/h4,6-10,13H,1,5H2,2-3H3. The summed E-state index contributed by atoms with van der Waals surface area (Å²) in [5, 5.41) is 3.44. The molecule has 0 heterocycles. The summed E-state index contributed by atoms with van der Waals surface area (Å²) in [6.07, 6.45) is 2.99. The van der Waals surface area contributed by atoms with Crippen molar-refractivity contribution < 1.29 is 0 Å². The molecule has 0 fully saturated rings. The quantitative estimate of drug-likeness (QED) is 0.691. The van der Waals surface area contributed by atoms with Crippen LogP contribution in [0.4, 0.5) is 5.69 Å². The van der Waals surface area contributed by atoms with Crippen LogP contribution in [0, 0.1) is 0 Å². The molecule has 0 aliphatic carbocycles. The van der Waals surface area contributed by atoms with Gasteiger partial charge >= 0.3 is 0 Å². The zero-order valence-corrected chi connectivity index (χ0v) is 8.38. The lowest BCUT2D eigenvalue weighted by Crippen LogP contribution is -2.30. The van der Waals surface area contributed by atoms with Crippen LogP contribution in [0.5, 0.6) is 0 Å². The third-order valence-corrected chi connectivity index (χ3v) is 2.39. The maximum absolute atomic E-state index is 3.84. The molecular weight excluding hydrogens is 158 g/mol. The molecule has 1 aromatic rings. The van der Waals surface area contributed by atoms with Gasteiger partial charge in [0.2, 0.25) is 0 Å². The number of nitrogens with one attached hydrogen (secondary N) is 1. The monoisotopic (exact) mass is 175 g/mol. The second-order valence-electron chi connectivity index (χ2n) is 3.47. The third-order valence-electron chi connectivity index (χ3n) is 2.39. The number of anilines is 1. The first kappa shape index (κ1) is 9.85. The molecule has 1 aromatic carbocycles. The molecule has 0 aromatic heterocycles. The first-order valence-corrected chi connectivity index (χ1v) is 4.67. The number of hydrogen-bond acceptors (Lipinski definition) is 1. The fourth-order valence-electron chi connectivity index (χ4n) is 1.13. The van der Waals surface area contributed by atoms with Crippen molar-refractivity contribution in [2.24, 2.45) is 0 Å². The first-order chi connectivity index (χ1) is 6.20. The fourth-order valence-corrected chi connectivity index (χ4v) is 1.13. The van der Waals surface area contributed by atoms with Gasteiger partial charge in [0.25, 0.3) is 0 Å². The Balaban J connectivity index is 2.73. The van der Waals surface area contributed by atoms with E-state index < -0.39 is 0 Å². The van der Waals surface area contributed by atoms with Gasteiger partial charge in [-0.1, -0.05) is 31.2 Å². The summed E-state index contributed by atoms with van der Waals surface area (Å²) in [5.41, 5.74) is 1.15. The molecule has 1 N–H and O–H groups in total. The summed E-state index contributed by atoms with van der Waals surface area (Å²) in [6.45, 7) is 8.13. The maximum Gasteiger partial charge on any atom is 0.0522 e. The average molecular weight is 175 g/mol. The fraction of sp³-hybridized carbons (Fsp3) is 0.333. The molecule has 1 atom stereocenters. The molecule has 13 heavy (non-hydrogen) atoms. The van der Waals surface area contributed by atoms with Gasteiger partial charge in [0.1, 0.15) is 0 Å². The Kier molecular flexibility index (Phi) is 3.13. The van der Waals surface area contributed by atoms with Gasteiger partial charge in [-0.2, -0.15) is 0 Å². The highest BCUT2D eigenvalue weighted by Gasteiger charge is 2.15. The van der Waals surface area contributed by atoms with E-state index in [1.807, 2.05) is 24.3 Å². The largest absolute Gasteiger partial charge is 0.376 e. The summed E-state index contributed by atoms with van der Waals surface area (Å²) >= 11 is 0. The smallest absolute Gasteiger partial charge is 0.0522 e. The van der Waals surface area contributed by atoms with Crippen LogP contribution < -0.4 is 5.32 Å².